The monoisotopic (exact) mass is 357 g/mol. The Morgan fingerprint density at radius 3 is 2.88 bits per heavy atom. The fourth-order valence-corrected chi connectivity index (χ4v) is 3.56. The van der Waals surface area contributed by atoms with Gasteiger partial charge in [-0.1, -0.05) is 6.07 Å². The van der Waals surface area contributed by atoms with Crippen molar-refractivity contribution < 1.29 is 9.47 Å². The van der Waals surface area contributed by atoms with Gasteiger partial charge in [-0.25, -0.2) is 4.98 Å². The SMILES string of the molecule is CCOc1cc(CN2CCC[C@H](c3nc(C)cc(=O)[nH]3)C2)ccc1OC. The molecular weight excluding hydrogens is 330 g/mol. The molecule has 0 saturated carbocycles. The van der Waals surface area contributed by atoms with Gasteiger partial charge in [-0.15, -0.1) is 0 Å². The number of ether oxygens (including phenoxy) is 2. The summed E-state index contributed by atoms with van der Waals surface area (Å²) in [7, 11) is 1.66. The number of aromatic nitrogens is 2. The molecule has 2 aromatic rings. The van der Waals surface area contributed by atoms with E-state index >= 15 is 0 Å². The van der Waals surface area contributed by atoms with Gasteiger partial charge in [0.25, 0.3) is 5.56 Å². The Bertz CT molecular complexity index is 803. The highest BCUT2D eigenvalue weighted by atomic mass is 16.5. The van der Waals surface area contributed by atoms with Gasteiger partial charge in [-0.05, 0) is 50.9 Å². The molecule has 1 aliphatic rings. The third-order valence-corrected chi connectivity index (χ3v) is 4.71. The lowest BCUT2D eigenvalue weighted by Gasteiger charge is -2.32. The molecular formula is C20H27N3O3. The van der Waals surface area contributed by atoms with E-state index < -0.39 is 0 Å². The first-order valence-electron chi connectivity index (χ1n) is 9.19. The van der Waals surface area contributed by atoms with E-state index in [0.717, 1.165) is 55.5 Å². The van der Waals surface area contributed by atoms with Crippen molar-refractivity contribution in [1.82, 2.24) is 14.9 Å². The van der Waals surface area contributed by atoms with E-state index in [0.29, 0.717) is 6.61 Å². The zero-order valence-corrected chi connectivity index (χ0v) is 15.7. The Morgan fingerprint density at radius 2 is 2.15 bits per heavy atom. The number of nitrogens with zero attached hydrogens (tertiary/aromatic N) is 2. The molecule has 0 spiro atoms. The van der Waals surface area contributed by atoms with Crippen LogP contribution in [0.1, 0.15) is 42.8 Å². The minimum absolute atomic E-state index is 0.0684. The van der Waals surface area contributed by atoms with Crippen molar-refractivity contribution in [3.05, 3.63) is 51.7 Å². The Morgan fingerprint density at radius 1 is 1.31 bits per heavy atom. The van der Waals surface area contributed by atoms with Crippen molar-refractivity contribution in [3.8, 4) is 11.5 Å². The topological polar surface area (TPSA) is 67.5 Å². The summed E-state index contributed by atoms with van der Waals surface area (Å²) in [6, 6.07) is 7.63. The van der Waals surface area contributed by atoms with Gasteiger partial charge < -0.3 is 14.5 Å². The van der Waals surface area contributed by atoms with E-state index in [-0.39, 0.29) is 11.5 Å². The van der Waals surface area contributed by atoms with Gasteiger partial charge in [0.15, 0.2) is 11.5 Å². The maximum Gasteiger partial charge on any atom is 0.251 e. The van der Waals surface area contributed by atoms with Crippen LogP contribution in [0.2, 0.25) is 0 Å². The maximum absolute atomic E-state index is 11.8. The molecule has 3 rings (SSSR count). The molecule has 1 aromatic carbocycles. The molecule has 0 unspecified atom stereocenters. The number of aromatic amines is 1. The molecule has 0 aliphatic carbocycles. The number of hydrogen-bond acceptors (Lipinski definition) is 5. The lowest BCUT2D eigenvalue weighted by Crippen LogP contribution is -2.35. The van der Waals surface area contributed by atoms with E-state index in [1.54, 1.807) is 7.11 Å². The molecule has 0 radical (unpaired) electrons. The van der Waals surface area contributed by atoms with Crippen LogP contribution in [0.3, 0.4) is 0 Å². The van der Waals surface area contributed by atoms with Crippen molar-refractivity contribution in [2.45, 2.75) is 39.2 Å². The fraction of sp³-hybridized carbons (Fsp3) is 0.500. The predicted molar refractivity (Wildman–Crippen MR) is 101 cm³/mol. The van der Waals surface area contributed by atoms with Crippen LogP contribution in [0.5, 0.6) is 11.5 Å². The number of rotatable bonds is 6. The van der Waals surface area contributed by atoms with Gasteiger partial charge >= 0.3 is 0 Å². The van der Waals surface area contributed by atoms with Crippen LogP contribution >= 0.6 is 0 Å². The molecule has 1 fully saturated rings. The van der Waals surface area contributed by atoms with Gasteiger partial charge in [0.05, 0.1) is 13.7 Å². The molecule has 0 bridgehead atoms. The summed E-state index contributed by atoms with van der Waals surface area (Å²) >= 11 is 0. The molecule has 2 heterocycles. The number of benzene rings is 1. The summed E-state index contributed by atoms with van der Waals surface area (Å²) in [5, 5.41) is 0. The molecule has 1 atom stereocenters. The van der Waals surface area contributed by atoms with Crippen LogP contribution in [0, 0.1) is 6.92 Å². The lowest BCUT2D eigenvalue weighted by molar-refractivity contribution is 0.196. The number of nitrogens with one attached hydrogen (secondary N) is 1. The van der Waals surface area contributed by atoms with Crippen molar-refractivity contribution in [1.29, 1.82) is 0 Å². The Kier molecular flexibility index (Phi) is 5.93. The van der Waals surface area contributed by atoms with Crippen molar-refractivity contribution >= 4 is 0 Å². The largest absolute Gasteiger partial charge is 0.493 e. The predicted octanol–water partition coefficient (Wildman–Crippen LogP) is 2.87. The second kappa shape index (κ2) is 8.36. The highest BCUT2D eigenvalue weighted by Gasteiger charge is 2.23. The van der Waals surface area contributed by atoms with Gasteiger partial charge in [0.2, 0.25) is 0 Å². The fourth-order valence-electron chi connectivity index (χ4n) is 3.56. The average Bonchev–Trinajstić information content (AvgIpc) is 2.62. The highest BCUT2D eigenvalue weighted by Crippen LogP contribution is 2.30. The van der Waals surface area contributed by atoms with Gasteiger partial charge in [0.1, 0.15) is 5.82 Å². The average molecular weight is 357 g/mol. The number of hydrogen-bond donors (Lipinski definition) is 1. The zero-order chi connectivity index (χ0) is 18.5. The highest BCUT2D eigenvalue weighted by molar-refractivity contribution is 5.43. The maximum atomic E-state index is 11.8. The van der Waals surface area contributed by atoms with Crippen LogP contribution in [0.15, 0.2) is 29.1 Å². The number of aryl methyl sites for hydroxylation is 1. The summed E-state index contributed by atoms with van der Waals surface area (Å²) in [6.45, 7) is 7.22. The summed E-state index contributed by atoms with van der Waals surface area (Å²) in [5.74, 6) is 2.62. The minimum atomic E-state index is -0.0684. The third-order valence-electron chi connectivity index (χ3n) is 4.71. The van der Waals surface area contributed by atoms with Crippen molar-refractivity contribution in [2.24, 2.45) is 0 Å². The van der Waals surface area contributed by atoms with Crippen molar-refractivity contribution in [3.63, 3.8) is 0 Å². The second-order valence-electron chi connectivity index (χ2n) is 6.76. The summed E-state index contributed by atoms with van der Waals surface area (Å²) in [6.07, 6.45) is 2.15. The van der Waals surface area contributed by atoms with E-state index in [9.17, 15) is 4.79 Å². The number of methoxy groups -OCH3 is 1. The summed E-state index contributed by atoms with van der Waals surface area (Å²) in [4.78, 5) is 21.6. The smallest absolute Gasteiger partial charge is 0.251 e. The molecule has 0 amide bonds. The lowest BCUT2D eigenvalue weighted by atomic mass is 9.96. The number of likely N-dealkylation sites (tertiary alicyclic amines) is 1. The van der Waals surface area contributed by atoms with Crippen LogP contribution in [0.25, 0.3) is 0 Å². The molecule has 26 heavy (non-hydrogen) atoms. The minimum Gasteiger partial charge on any atom is -0.493 e. The Labute approximate surface area is 154 Å². The van der Waals surface area contributed by atoms with Crippen LogP contribution in [-0.2, 0) is 6.54 Å². The molecule has 6 nitrogen and oxygen atoms in total. The molecule has 140 valence electrons. The Balaban J connectivity index is 1.72. The first kappa shape index (κ1) is 18.5. The second-order valence-corrected chi connectivity index (χ2v) is 6.76. The van der Waals surface area contributed by atoms with Crippen LogP contribution in [0.4, 0.5) is 0 Å². The van der Waals surface area contributed by atoms with E-state index in [2.05, 4.69) is 27.0 Å². The molecule has 1 aliphatic heterocycles. The van der Waals surface area contributed by atoms with E-state index in [4.69, 9.17) is 9.47 Å². The number of piperidine rings is 1. The van der Waals surface area contributed by atoms with E-state index in [1.165, 1.54) is 11.6 Å². The van der Waals surface area contributed by atoms with Crippen molar-refractivity contribution in [2.75, 3.05) is 26.8 Å². The van der Waals surface area contributed by atoms with Gasteiger partial charge in [0, 0.05) is 30.8 Å². The van der Waals surface area contributed by atoms with Crippen LogP contribution < -0.4 is 15.0 Å². The summed E-state index contributed by atoms with van der Waals surface area (Å²) < 4.78 is 11.0. The molecule has 1 saturated heterocycles. The third kappa shape index (κ3) is 4.43. The zero-order valence-electron chi connectivity index (χ0n) is 15.7. The molecule has 6 heteroatoms. The van der Waals surface area contributed by atoms with Gasteiger partial charge in [-0.3, -0.25) is 9.69 Å². The number of H-pyrrole nitrogens is 1. The Hall–Kier alpha value is -2.34. The van der Waals surface area contributed by atoms with Crippen LogP contribution in [-0.4, -0.2) is 41.7 Å². The first-order chi connectivity index (χ1) is 12.6. The standard InChI is InChI=1S/C20H27N3O3/c1-4-26-18-11-15(7-8-17(18)25-3)12-23-9-5-6-16(13-23)20-21-14(2)10-19(24)22-20/h7-8,10-11,16H,4-6,9,12-13H2,1-3H3,(H,21,22,24)/t16-/m0/s1. The quantitative estimate of drug-likeness (QED) is 0.861. The van der Waals surface area contributed by atoms with E-state index in [1.807, 2.05) is 19.9 Å². The molecule has 1 aromatic heterocycles. The first-order valence-corrected chi connectivity index (χ1v) is 9.19. The summed E-state index contributed by atoms with van der Waals surface area (Å²) in [5.41, 5.74) is 1.90. The normalized spacial score (nSPS) is 17.9. The van der Waals surface area contributed by atoms with Gasteiger partial charge in [-0.2, -0.15) is 0 Å². The molecule has 1 N–H and O–H groups in total.